The molecule has 74 valence electrons. The Kier molecular flexibility index (Phi) is 3.76. The van der Waals surface area contributed by atoms with Crippen LogP contribution in [0.15, 0.2) is 6.07 Å². The van der Waals surface area contributed by atoms with Crippen LogP contribution in [0.3, 0.4) is 0 Å². The second-order valence-corrected chi connectivity index (χ2v) is 3.05. The van der Waals surface area contributed by atoms with Crippen LogP contribution in [-0.2, 0) is 7.05 Å². The summed E-state index contributed by atoms with van der Waals surface area (Å²) in [5, 5.41) is 7.26. The molecular weight excluding hydrogens is 166 g/mol. The van der Waals surface area contributed by atoms with Crippen molar-refractivity contribution in [3.63, 3.8) is 0 Å². The van der Waals surface area contributed by atoms with Gasteiger partial charge in [-0.05, 0) is 26.9 Å². The SMILES string of the molecule is CNCCCOc1cc(C)nn1C. The van der Waals surface area contributed by atoms with Crippen molar-refractivity contribution in [2.75, 3.05) is 20.2 Å². The van der Waals surface area contributed by atoms with Gasteiger partial charge < -0.3 is 10.1 Å². The molecule has 0 saturated carbocycles. The van der Waals surface area contributed by atoms with E-state index in [1.165, 1.54) is 0 Å². The number of rotatable bonds is 5. The standard InChI is InChI=1S/C9H17N3O/c1-8-7-9(12(3)11-8)13-6-4-5-10-2/h7,10H,4-6H2,1-3H3. The molecule has 1 heterocycles. The van der Waals surface area contributed by atoms with E-state index in [-0.39, 0.29) is 0 Å². The van der Waals surface area contributed by atoms with Crippen molar-refractivity contribution in [3.05, 3.63) is 11.8 Å². The lowest BCUT2D eigenvalue weighted by molar-refractivity contribution is 0.284. The van der Waals surface area contributed by atoms with Gasteiger partial charge in [0.05, 0.1) is 12.3 Å². The Morgan fingerprint density at radius 3 is 2.92 bits per heavy atom. The maximum atomic E-state index is 5.52. The zero-order valence-corrected chi connectivity index (χ0v) is 8.50. The molecule has 1 N–H and O–H groups in total. The van der Waals surface area contributed by atoms with Crippen LogP contribution in [-0.4, -0.2) is 30.0 Å². The largest absolute Gasteiger partial charge is 0.478 e. The van der Waals surface area contributed by atoms with Crippen LogP contribution in [0, 0.1) is 6.92 Å². The first-order valence-corrected chi connectivity index (χ1v) is 4.52. The number of hydrogen-bond acceptors (Lipinski definition) is 3. The Labute approximate surface area is 78.9 Å². The molecule has 0 aliphatic heterocycles. The molecule has 4 nitrogen and oxygen atoms in total. The quantitative estimate of drug-likeness (QED) is 0.684. The number of ether oxygens (including phenoxy) is 1. The lowest BCUT2D eigenvalue weighted by Gasteiger charge is -2.04. The van der Waals surface area contributed by atoms with Crippen LogP contribution in [0.25, 0.3) is 0 Å². The summed E-state index contributed by atoms with van der Waals surface area (Å²) in [4.78, 5) is 0. The third-order valence-electron chi connectivity index (χ3n) is 1.78. The van der Waals surface area contributed by atoms with Crippen LogP contribution >= 0.6 is 0 Å². The molecule has 0 spiro atoms. The van der Waals surface area contributed by atoms with E-state index < -0.39 is 0 Å². The fraction of sp³-hybridized carbons (Fsp3) is 0.667. The van der Waals surface area contributed by atoms with Gasteiger partial charge in [-0.1, -0.05) is 0 Å². The highest BCUT2D eigenvalue weighted by atomic mass is 16.5. The second kappa shape index (κ2) is 4.87. The molecule has 0 amide bonds. The van der Waals surface area contributed by atoms with Crippen LogP contribution in [0.2, 0.25) is 0 Å². The summed E-state index contributed by atoms with van der Waals surface area (Å²) < 4.78 is 7.28. The predicted molar refractivity (Wildman–Crippen MR) is 52.0 cm³/mol. The van der Waals surface area contributed by atoms with E-state index in [0.717, 1.165) is 31.1 Å². The predicted octanol–water partition coefficient (Wildman–Crippen LogP) is 0.717. The van der Waals surface area contributed by atoms with Crippen molar-refractivity contribution in [2.24, 2.45) is 7.05 Å². The third kappa shape index (κ3) is 3.06. The van der Waals surface area contributed by atoms with Gasteiger partial charge in [-0.2, -0.15) is 5.10 Å². The number of aryl methyl sites for hydroxylation is 2. The second-order valence-electron chi connectivity index (χ2n) is 3.05. The lowest BCUT2D eigenvalue weighted by atomic mass is 10.4. The van der Waals surface area contributed by atoms with Gasteiger partial charge in [0.15, 0.2) is 0 Å². The van der Waals surface area contributed by atoms with E-state index in [9.17, 15) is 0 Å². The maximum Gasteiger partial charge on any atom is 0.211 e. The van der Waals surface area contributed by atoms with Gasteiger partial charge in [0.2, 0.25) is 5.88 Å². The molecule has 0 atom stereocenters. The van der Waals surface area contributed by atoms with E-state index in [1.54, 1.807) is 4.68 Å². The van der Waals surface area contributed by atoms with Crippen molar-refractivity contribution in [1.29, 1.82) is 0 Å². The number of nitrogens with zero attached hydrogens (tertiary/aromatic N) is 2. The maximum absolute atomic E-state index is 5.52. The van der Waals surface area contributed by atoms with E-state index in [2.05, 4.69) is 10.4 Å². The zero-order chi connectivity index (χ0) is 9.68. The summed E-state index contributed by atoms with van der Waals surface area (Å²) in [7, 11) is 3.83. The van der Waals surface area contributed by atoms with Crippen molar-refractivity contribution in [3.8, 4) is 5.88 Å². The molecule has 0 saturated heterocycles. The molecule has 1 rings (SSSR count). The summed E-state index contributed by atoms with van der Waals surface area (Å²) in [5.74, 6) is 0.841. The monoisotopic (exact) mass is 183 g/mol. The summed E-state index contributed by atoms with van der Waals surface area (Å²) in [6.07, 6.45) is 1.01. The molecule has 1 aromatic heterocycles. The molecule has 0 aliphatic carbocycles. The molecule has 0 aromatic carbocycles. The summed E-state index contributed by atoms with van der Waals surface area (Å²) >= 11 is 0. The highest BCUT2D eigenvalue weighted by molar-refractivity contribution is 5.14. The van der Waals surface area contributed by atoms with Crippen LogP contribution < -0.4 is 10.1 Å². The fourth-order valence-corrected chi connectivity index (χ4v) is 1.15. The van der Waals surface area contributed by atoms with Gasteiger partial charge in [-0.3, -0.25) is 0 Å². The summed E-state index contributed by atoms with van der Waals surface area (Å²) in [5.41, 5.74) is 0.992. The topological polar surface area (TPSA) is 39.1 Å². The van der Waals surface area contributed by atoms with Crippen LogP contribution in [0.5, 0.6) is 5.88 Å². The summed E-state index contributed by atoms with van der Waals surface area (Å²) in [6, 6.07) is 1.94. The first-order valence-electron chi connectivity index (χ1n) is 4.52. The molecule has 4 heteroatoms. The fourth-order valence-electron chi connectivity index (χ4n) is 1.15. The van der Waals surface area contributed by atoms with Gasteiger partial charge >= 0.3 is 0 Å². The zero-order valence-electron chi connectivity index (χ0n) is 8.50. The van der Waals surface area contributed by atoms with Crippen molar-refractivity contribution < 1.29 is 4.74 Å². The Morgan fingerprint density at radius 2 is 2.38 bits per heavy atom. The van der Waals surface area contributed by atoms with Gasteiger partial charge in [-0.25, -0.2) is 4.68 Å². The minimum Gasteiger partial charge on any atom is -0.478 e. The average molecular weight is 183 g/mol. The molecule has 13 heavy (non-hydrogen) atoms. The van der Waals surface area contributed by atoms with E-state index in [0.29, 0.717) is 0 Å². The first-order chi connectivity index (χ1) is 6.24. The molecule has 0 fully saturated rings. The van der Waals surface area contributed by atoms with E-state index in [1.807, 2.05) is 27.1 Å². The van der Waals surface area contributed by atoms with Crippen molar-refractivity contribution in [1.82, 2.24) is 15.1 Å². The lowest BCUT2D eigenvalue weighted by Crippen LogP contribution is -2.12. The molecule has 0 aliphatic rings. The minimum atomic E-state index is 0.736. The Bertz CT molecular complexity index is 257. The molecular formula is C9H17N3O. The normalized spacial score (nSPS) is 10.4. The number of nitrogens with one attached hydrogen (secondary N) is 1. The van der Waals surface area contributed by atoms with Crippen molar-refractivity contribution in [2.45, 2.75) is 13.3 Å². The molecule has 0 radical (unpaired) electrons. The number of hydrogen-bond donors (Lipinski definition) is 1. The highest BCUT2D eigenvalue weighted by Gasteiger charge is 2.01. The summed E-state index contributed by atoms with van der Waals surface area (Å²) in [6.45, 7) is 3.68. The highest BCUT2D eigenvalue weighted by Crippen LogP contribution is 2.10. The third-order valence-corrected chi connectivity index (χ3v) is 1.78. The van der Waals surface area contributed by atoms with Gasteiger partial charge in [0, 0.05) is 13.1 Å². The molecule has 0 unspecified atom stereocenters. The average Bonchev–Trinajstić information content (AvgIpc) is 2.39. The van der Waals surface area contributed by atoms with Gasteiger partial charge in [-0.15, -0.1) is 0 Å². The minimum absolute atomic E-state index is 0.736. The Hall–Kier alpha value is -1.03. The smallest absolute Gasteiger partial charge is 0.211 e. The van der Waals surface area contributed by atoms with Crippen LogP contribution in [0.4, 0.5) is 0 Å². The van der Waals surface area contributed by atoms with Gasteiger partial charge in [0.1, 0.15) is 0 Å². The molecule has 0 bridgehead atoms. The number of aromatic nitrogens is 2. The van der Waals surface area contributed by atoms with Crippen molar-refractivity contribution >= 4 is 0 Å². The van der Waals surface area contributed by atoms with Gasteiger partial charge in [0.25, 0.3) is 0 Å². The van der Waals surface area contributed by atoms with Crippen LogP contribution in [0.1, 0.15) is 12.1 Å². The Balaban J connectivity index is 2.32. The Morgan fingerprint density at radius 1 is 1.62 bits per heavy atom. The van der Waals surface area contributed by atoms with E-state index >= 15 is 0 Å². The molecule has 1 aromatic rings. The van der Waals surface area contributed by atoms with E-state index in [4.69, 9.17) is 4.74 Å². The first kappa shape index (κ1) is 10.1.